The molecule has 0 saturated heterocycles. The summed E-state index contributed by atoms with van der Waals surface area (Å²) in [5.41, 5.74) is -0.373. The van der Waals surface area contributed by atoms with Crippen LogP contribution in [0.3, 0.4) is 0 Å². The monoisotopic (exact) mass is 307 g/mol. The summed E-state index contributed by atoms with van der Waals surface area (Å²) in [5.74, 6) is 2.13. The molecule has 0 fully saturated rings. The Morgan fingerprint density at radius 2 is 2.24 bits per heavy atom. The second-order valence-electron chi connectivity index (χ2n) is 5.61. The van der Waals surface area contributed by atoms with E-state index in [9.17, 15) is 5.26 Å². The summed E-state index contributed by atoms with van der Waals surface area (Å²) in [6, 6.07) is 2.41. The van der Waals surface area contributed by atoms with Crippen LogP contribution >= 0.6 is 11.8 Å². The van der Waals surface area contributed by atoms with Crippen molar-refractivity contribution in [2.24, 2.45) is 0 Å². The number of nitriles is 1. The van der Waals surface area contributed by atoms with Crippen LogP contribution in [-0.2, 0) is 13.0 Å². The maximum atomic E-state index is 9.30. The predicted molar refractivity (Wildman–Crippen MR) is 85.2 cm³/mol. The van der Waals surface area contributed by atoms with Gasteiger partial charge in [-0.3, -0.25) is 0 Å². The van der Waals surface area contributed by atoms with E-state index in [1.807, 2.05) is 7.05 Å². The summed E-state index contributed by atoms with van der Waals surface area (Å²) >= 11 is 1.78. The van der Waals surface area contributed by atoms with Gasteiger partial charge in [0.25, 0.3) is 0 Å². The van der Waals surface area contributed by atoms with E-state index in [0.29, 0.717) is 0 Å². The predicted octanol–water partition coefficient (Wildman–Crippen LogP) is 2.77. The van der Waals surface area contributed by atoms with Gasteiger partial charge in [-0.15, -0.1) is 10.2 Å². The lowest BCUT2D eigenvalue weighted by Crippen LogP contribution is -2.40. The van der Waals surface area contributed by atoms with Crippen LogP contribution in [0.5, 0.6) is 0 Å². The topological polar surface area (TPSA) is 66.5 Å². The zero-order valence-electron chi connectivity index (χ0n) is 13.1. The number of thioether (sulfide) groups is 1. The molecule has 1 atom stereocenters. The van der Waals surface area contributed by atoms with Gasteiger partial charge in [0, 0.05) is 18.7 Å². The summed E-state index contributed by atoms with van der Waals surface area (Å²) < 4.78 is 2.28. The van der Waals surface area contributed by atoms with Crippen LogP contribution in [0.1, 0.15) is 51.3 Å². The maximum Gasteiger partial charge on any atom is 0.191 e. The average molecular weight is 307 g/mol. The fourth-order valence-corrected chi connectivity index (χ4v) is 3.69. The first-order chi connectivity index (χ1) is 10.2. The van der Waals surface area contributed by atoms with E-state index < -0.39 is 0 Å². The Bertz CT molecular complexity index is 487. The number of hydrogen-bond donors (Lipinski definition) is 1. The second-order valence-corrected chi connectivity index (χ2v) is 6.67. The lowest BCUT2D eigenvalue weighted by molar-refractivity contribution is 0.400. The van der Waals surface area contributed by atoms with Gasteiger partial charge in [0.2, 0.25) is 0 Å². The molecule has 1 unspecified atom stereocenters. The fraction of sp³-hybridized carbons (Fsp3) is 0.800. The first-order valence-corrected chi connectivity index (χ1v) is 8.88. The molecular weight excluding hydrogens is 282 g/mol. The van der Waals surface area contributed by atoms with Crippen molar-refractivity contribution in [3.8, 4) is 6.07 Å². The Kier molecular flexibility index (Phi) is 6.07. The van der Waals surface area contributed by atoms with Crippen LogP contribution in [0.2, 0.25) is 0 Å². The highest BCUT2D eigenvalue weighted by molar-refractivity contribution is 7.99. The summed E-state index contributed by atoms with van der Waals surface area (Å²) in [7, 11) is 1.87. The number of fused-ring (bicyclic) bond motifs is 1. The van der Waals surface area contributed by atoms with Crippen molar-refractivity contribution in [2.45, 2.75) is 69.1 Å². The molecule has 0 radical (unpaired) electrons. The van der Waals surface area contributed by atoms with E-state index in [2.05, 4.69) is 33.1 Å². The third-order valence-corrected chi connectivity index (χ3v) is 5.40. The number of nitrogens with one attached hydrogen (secondary N) is 1. The highest BCUT2D eigenvalue weighted by atomic mass is 32.2. The van der Waals surface area contributed by atoms with E-state index in [0.717, 1.165) is 49.0 Å². The second kappa shape index (κ2) is 7.81. The molecule has 6 heteroatoms. The molecule has 1 N–H and O–H groups in total. The molecule has 116 valence electrons. The Morgan fingerprint density at radius 1 is 1.38 bits per heavy atom. The van der Waals surface area contributed by atoms with Gasteiger partial charge in [-0.1, -0.05) is 25.1 Å². The third-order valence-electron chi connectivity index (χ3n) is 4.35. The summed E-state index contributed by atoms with van der Waals surface area (Å²) in [6.07, 6.45) is 7.53. The van der Waals surface area contributed by atoms with Gasteiger partial charge < -0.3 is 9.88 Å². The number of aryl methyl sites for hydroxylation is 1. The van der Waals surface area contributed by atoms with Crippen LogP contribution in [0.25, 0.3) is 0 Å². The third kappa shape index (κ3) is 3.98. The Labute approximate surface area is 131 Å². The molecule has 0 aromatic carbocycles. The Balaban J connectivity index is 1.84. The van der Waals surface area contributed by atoms with Crippen molar-refractivity contribution in [2.75, 3.05) is 12.8 Å². The van der Waals surface area contributed by atoms with Crippen LogP contribution in [0.15, 0.2) is 5.16 Å². The van der Waals surface area contributed by atoms with Crippen molar-refractivity contribution in [3.05, 3.63) is 5.82 Å². The van der Waals surface area contributed by atoms with E-state index in [1.54, 1.807) is 11.8 Å². The molecule has 5 nitrogen and oxygen atoms in total. The van der Waals surface area contributed by atoms with E-state index in [4.69, 9.17) is 0 Å². The van der Waals surface area contributed by atoms with Gasteiger partial charge >= 0.3 is 0 Å². The molecule has 1 aliphatic rings. The van der Waals surface area contributed by atoms with E-state index in [1.165, 1.54) is 19.3 Å². The molecule has 1 aromatic heterocycles. The van der Waals surface area contributed by atoms with Crippen LogP contribution in [0, 0.1) is 11.3 Å². The zero-order valence-corrected chi connectivity index (χ0v) is 13.9. The Morgan fingerprint density at radius 3 is 2.95 bits per heavy atom. The standard InChI is InChI=1S/C15H25N5S/c1-3-15(12-16,17-2)9-7-11-21-14-19-18-13-8-5-4-6-10-20(13)14/h17H,3-11H2,1-2H3. The average Bonchev–Trinajstić information content (AvgIpc) is 2.75. The SMILES string of the molecule is CCC(C#N)(CCCSc1nnc2n1CCCCC2)NC. The lowest BCUT2D eigenvalue weighted by atomic mass is 9.93. The summed E-state index contributed by atoms with van der Waals surface area (Å²) in [5, 5.41) is 22.2. The van der Waals surface area contributed by atoms with Gasteiger partial charge in [0.15, 0.2) is 5.16 Å². The van der Waals surface area contributed by atoms with Crippen LogP contribution in [0.4, 0.5) is 0 Å². The molecule has 0 aliphatic carbocycles. The molecule has 0 spiro atoms. The molecule has 1 aromatic rings. The fourth-order valence-electron chi connectivity index (χ4n) is 2.77. The number of aromatic nitrogens is 3. The van der Waals surface area contributed by atoms with Crippen molar-refractivity contribution >= 4 is 11.8 Å². The van der Waals surface area contributed by atoms with Crippen LogP contribution < -0.4 is 5.32 Å². The molecule has 1 aliphatic heterocycles. The first-order valence-electron chi connectivity index (χ1n) is 7.89. The summed E-state index contributed by atoms with van der Waals surface area (Å²) in [4.78, 5) is 0. The van der Waals surface area contributed by atoms with Gasteiger partial charge in [-0.05, 0) is 39.2 Å². The van der Waals surface area contributed by atoms with Gasteiger partial charge in [0.1, 0.15) is 11.4 Å². The largest absolute Gasteiger partial charge is 0.306 e. The lowest BCUT2D eigenvalue weighted by Gasteiger charge is -2.24. The zero-order chi connectivity index (χ0) is 15.1. The molecule has 2 heterocycles. The number of nitrogens with zero attached hydrogens (tertiary/aromatic N) is 4. The highest BCUT2D eigenvalue weighted by Crippen LogP contribution is 2.24. The molecular formula is C15H25N5S. The maximum absolute atomic E-state index is 9.30. The van der Waals surface area contributed by atoms with Crippen LogP contribution in [-0.4, -0.2) is 33.1 Å². The van der Waals surface area contributed by atoms with Crippen molar-refractivity contribution in [1.82, 2.24) is 20.1 Å². The molecule has 21 heavy (non-hydrogen) atoms. The minimum Gasteiger partial charge on any atom is -0.306 e. The van der Waals surface area contributed by atoms with Crippen molar-refractivity contribution in [1.29, 1.82) is 5.26 Å². The first kappa shape index (κ1) is 16.3. The van der Waals surface area contributed by atoms with Gasteiger partial charge in [-0.2, -0.15) is 5.26 Å². The van der Waals surface area contributed by atoms with E-state index >= 15 is 0 Å². The number of rotatable bonds is 7. The summed E-state index contributed by atoms with van der Waals surface area (Å²) in [6.45, 7) is 3.11. The Hall–Kier alpha value is -1.06. The normalized spacial score (nSPS) is 17.6. The van der Waals surface area contributed by atoms with Crippen molar-refractivity contribution in [3.63, 3.8) is 0 Å². The van der Waals surface area contributed by atoms with Gasteiger partial charge in [-0.25, -0.2) is 0 Å². The minimum absolute atomic E-state index is 0.373. The quantitative estimate of drug-likeness (QED) is 0.620. The smallest absolute Gasteiger partial charge is 0.191 e. The minimum atomic E-state index is -0.373. The van der Waals surface area contributed by atoms with E-state index in [-0.39, 0.29) is 5.54 Å². The molecule has 0 bridgehead atoms. The highest BCUT2D eigenvalue weighted by Gasteiger charge is 2.25. The number of hydrogen-bond acceptors (Lipinski definition) is 5. The molecule has 2 rings (SSSR count). The molecule has 0 saturated carbocycles. The molecule has 0 amide bonds. The van der Waals surface area contributed by atoms with Crippen molar-refractivity contribution < 1.29 is 0 Å². The van der Waals surface area contributed by atoms with Gasteiger partial charge in [0.05, 0.1) is 6.07 Å².